The van der Waals surface area contributed by atoms with E-state index in [0.717, 1.165) is 11.3 Å². The molecule has 2 aromatic rings. The number of esters is 1. The lowest BCUT2D eigenvalue weighted by Gasteiger charge is -2.06. The van der Waals surface area contributed by atoms with Gasteiger partial charge in [0.15, 0.2) is 6.61 Å². The van der Waals surface area contributed by atoms with Crippen LogP contribution in [0.25, 0.3) is 0 Å². The van der Waals surface area contributed by atoms with E-state index in [9.17, 15) is 9.59 Å². The lowest BCUT2D eigenvalue weighted by molar-refractivity contribution is -0.148. The summed E-state index contributed by atoms with van der Waals surface area (Å²) in [5, 5.41) is 2.60. The molecule has 6 nitrogen and oxygen atoms in total. The first-order valence-corrected chi connectivity index (χ1v) is 7.25. The molecule has 2 rings (SSSR count). The lowest BCUT2D eigenvalue weighted by Crippen LogP contribution is -2.28. The van der Waals surface area contributed by atoms with E-state index in [4.69, 9.17) is 13.9 Å². The molecule has 0 aliphatic rings. The Morgan fingerprint density at radius 2 is 1.96 bits per heavy atom. The molecule has 0 aliphatic carbocycles. The predicted octanol–water partition coefficient (Wildman–Crippen LogP) is 2.08. The number of hydrogen-bond acceptors (Lipinski definition) is 5. The minimum Gasteiger partial charge on any atom is -0.497 e. The van der Waals surface area contributed by atoms with Crippen LogP contribution in [-0.2, 0) is 27.3 Å². The van der Waals surface area contributed by atoms with Crippen LogP contribution in [0.4, 0.5) is 0 Å². The monoisotopic (exact) mass is 317 g/mol. The number of furan rings is 1. The Kier molecular flexibility index (Phi) is 6.23. The van der Waals surface area contributed by atoms with Crippen LogP contribution < -0.4 is 10.1 Å². The fourth-order valence-corrected chi connectivity index (χ4v) is 1.91. The highest BCUT2D eigenvalue weighted by Gasteiger charge is 2.08. The number of ether oxygens (including phenoxy) is 2. The Morgan fingerprint density at radius 1 is 1.17 bits per heavy atom. The van der Waals surface area contributed by atoms with Gasteiger partial charge in [-0.2, -0.15) is 0 Å². The first-order valence-electron chi connectivity index (χ1n) is 7.25. The molecule has 0 unspecified atom stereocenters. The molecule has 23 heavy (non-hydrogen) atoms. The number of methoxy groups -OCH3 is 1. The van der Waals surface area contributed by atoms with Gasteiger partial charge >= 0.3 is 5.97 Å². The summed E-state index contributed by atoms with van der Waals surface area (Å²) in [5.74, 6) is 0.641. The van der Waals surface area contributed by atoms with Gasteiger partial charge in [-0.3, -0.25) is 9.59 Å². The molecule has 1 amide bonds. The van der Waals surface area contributed by atoms with Gasteiger partial charge in [0.2, 0.25) is 0 Å². The molecular weight excluding hydrogens is 298 g/mol. The Bertz CT molecular complexity index is 619. The molecule has 0 aliphatic heterocycles. The molecule has 1 heterocycles. The van der Waals surface area contributed by atoms with E-state index in [2.05, 4.69) is 5.32 Å². The number of nitrogens with one attached hydrogen (secondary N) is 1. The van der Waals surface area contributed by atoms with Crippen molar-refractivity contribution < 1.29 is 23.5 Å². The van der Waals surface area contributed by atoms with Gasteiger partial charge in [-0.05, 0) is 36.2 Å². The van der Waals surface area contributed by atoms with Crippen molar-refractivity contribution in [3.63, 3.8) is 0 Å². The number of carbonyl (C=O) groups is 2. The molecule has 122 valence electrons. The van der Waals surface area contributed by atoms with Crippen LogP contribution in [0.3, 0.4) is 0 Å². The maximum absolute atomic E-state index is 11.6. The first kappa shape index (κ1) is 16.6. The lowest BCUT2D eigenvalue weighted by atomic mass is 10.1. The van der Waals surface area contributed by atoms with Gasteiger partial charge in [0.25, 0.3) is 5.91 Å². The molecule has 0 spiro atoms. The molecule has 1 aromatic heterocycles. The summed E-state index contributed by atoms with van der Waals surface area (Å²) in [6, 6.07) is 10.9. The van der Waals surface area contributed by atoms with E-state index in [1.54, 1.807) is 19.2 Å². The van der Waals surface area contributed by atoms with Crippen LogP contribution in [0.1, 0.15) is 17.7 Å². The van der Waals surface area contributed by atoms with E-state index in [1.165, 1.54) is 6.26 Å². The molecule has 0 saturated heterocycles. The molecular formula is C17H19NO5. The van der Waals surface area contributed by atoms with Crippen LogP contribution in [0, 0.1) is 0 Å². The number of aryl methyl sites for hydroxylation is 1. The topological polar surface area (TPSA) is 77.8 Å². The van der Waals surface area contributed by atoms with Crippen LogP contribution in [0.5, 0.6) is 5.75 Å². The maximum Gasteiger partial charge on any atom is 0.306 e. The van der Waals surface area contributed by atoms with Gasteiger partial charge in [0.05, 0.1) is 19.9 Å². The van der Waals surface area contributed by atoms with E-state index < -0.39 is 5.97 Å². The molecule has 0 fully saturated rings. The summed E-state index contributed by atoms with van der Waals surface area (Å²) >= 11 is 0. The van der Waals surface area contributed by atoms with Crippen LogP contribution >= 0.6 is 0 Å². The first-order chi connectivity index (χ1) is 11.2. The molecule has 0 saturated carbocycles. The van der Waals surface area contributed by atoms with Crippen molar-refractivity contribution in [2.75, 3.05) is 13.7 Å². The summed E-state index contributed by atoms with van der Waals surface area (Å²) in [5.41, 5.74) is 1.00. The smallest absolute Gasteiger partial charge is 0.306 e. The van der Waals surface area contributed by atoms with Crippen molar-refractivity contribution in [3.05, 3.63) is 54.0 Å². The Morgan fingerprint density at radius 3 is 2.61 bits per heavy atom. The van der Waals surface area contributed by atoms with Crippen molar-refractivity contribution in [1.82, 2.24) is 5.32 Å². The quantitative estimate of drug-likeness (QED) is 0.754. The standard InChI is InChI=1S/C17H19NO5/c1-21-14-7-4-13(5-8-14)6-9-17(20)23-12-16(19)18-11-15-3-2-10-22-15/h2-5,7-8,10H,6,9,11-12H2,1H3,(H,18,19). The second-order valence-corrected chi connectivity index (χ2v) is 4.86. The van der Waals surface area contributed by atoms with Gasteiger partial charge in [0, 0.05) is 6.42 Å². The second kappa shape index (κ2) is 8.63. The van der Waals surface area contributed by atoms with Gasteiger partial charge in [0.1, 0.15) is 11.5 Å². The third-order valence-corrected chi connectivity index (χ3v) is 3.18. The van der Waals surface area contributed by atoms with Gasteiger partial charge < -0.3 is 19.2 Å². The minimum atomic E-state index is -0.408. The number of hydrogen-bond donors (Lipinski definition) is 1. The largest absolute Gasteiger partial charge is 0.497 e. The number of benzene rings is 1. The van der Waals surface area contributed by atoms with Crippen molar-refractivity contribution >= 4 is 11.9 Å². The summed E-state index contributed by atoms with van der Waals surface area (Å²) in [6.45, 7) is -0.0165. The summed E-state index contributed by atoms with van der Waals surface area (Å²) in [4.78, 5) is 23.2. The summed E-state index contributed by atoms with van der Waals surface area (Å²) in [7, 11) is 1.60. The highest BCUT2D eigenvalue weighted by molar-refractivity contribution is 5.80. The fraction of sp³-hybridized carbons (Fsp3) is 0.294. The molecule has 1 N–H and O–H groups in total. The molecule has 0 bridgehead atoms. The van der Waals surface area contributed by atoms with Crippen molar-refractivity contribution in [2.45, 2.75) is 19.4 Å². The van der Waals surface area contributed by atoms with E-state index in [1.807, 2.05) is 24.3 Å². The number of rotatable bonds is 8. The zero-order valence-electron chi connectivity index (χ0n) is 12.9. The van der Waals surface area contributed by atoms with E-state index in [0.29, 0.717) is 12.2 Å². The van der Waals surface area contributed by atoms with Crippen molar-refractivity contribution in [2.24, 2.45) is 0 Å². The SMILES string of the molecule is COc1ccc(CCC(=O)OCC(=O)NCc2ccco2)cc1. The summed E-state index contributed by atoms with van der Waals surface area (Å²) in [6.07, 6.45) is 2.30. The van der Waals surface area contributed by atoms with E-state index >= 15 is 0 Å². The third-order valence-electron chi connectivity index (χ3n) is 3.18. The van der Waals surface area contributed by atoms with Gasteiger partial charge in [-0.1, -0.05) is 12.1 Å². The summed E-state index contributed by atoms with van der Waals surface area (Å²) < 4.78 is 15.1. The van der Waals surface area contributed by atoms with Crippen molar-refractivity contribution in [3.8, 4) is 5.75 Å². The average Bonchev–Trinajstić information content (AvgIpc) is 3.10. The predicted molar refractivity (Wildman–Crippen MR) is 82.8 cm³/mol. The minimum absolute atomic E-state index is 0.220. The molecule has 0 atom stereocenters. The Balaban J connectivity index is 1.63. The van der Waals surface area contributed by atoms with E-state index in [-0.39, 0.29) is 25.5 Å². The van der Waals surface area contributed by atoms with Crippen molar-refractivity contribution in [1.29, 1.82) is 0 Å². The highest BCUT2D eigenvalue weighted by atomic mass is 16.5. The zero-order valence-corrected chi connectivity index (χ0v) is 12.9. The normalized spacial score (nSPS) is 10.1. The number of amides is 1. The van der Waals surface area contributed by atoms with Crippen LogP contribution in [-0.4, -0.2) is 25.6 Å². The zero-order chi connectivity index (χ0) is 16.5. The molecule has 6 heteroatoms. The Labute approximate surface area is 134 Å². The maximum atomic E-state index is 11.6. The fourth-order valence-electron chi connectivity index (χ4n) is 1.91. The molecule has 0 radical (unpaired) electrons. The van der Waals surface area contributed by atoms with Crippen LogP contribution in [0.15, 0.2) is 47.1 Å². The van der Waals surface area contributed by atoms with Gasteiger partial charge in [-0.15, -0.1) is 0 Å². The number of carbonyl (C=O) groups excluding carboxylic acids is 2. The third kappa shape index (κ3) is 5.86. The molecule has 1 aromatic carbocycles. The average molecular weight is 317 g/mol. The Hall–Kier alpha value is -2.76. The van der Waals surface area contributed by atoms with Crippen LogP contribution in [0.2, 0.25) is 0 Å². The van der Waals surface area contributed by atoms with Gasteiger partial charge in [-0.25, -0.2) is 0 Å². The second-order valence-electron chi connectivity index (χ2n) is 4.86. The highest BCUT2D eigenvalue weighted by Crippen LogP contribution is 2.12.